The van der Waals surface area contributed by atoms with Crippen LogP contribution >= 0.6 is 11.6 Å². The van der Waals surface area contributed by atoms with Crippen LogP contribution in [0.25, 0.3) is 0 Å². The molecule has 1 aromatic rings. The number of carbonyl (C=O) groups excluding carboxylic acids is 4. The zero-order valence-electron chi connectivity index (χ0n) is 26.0. The van der Waals surface area contributed by atoms with E-state index < -0.39 is 22.1 Å². The molecule has 0 spiro atoms. The van der Waals surface area contributed by atoms with Crippen LogP contribution in [0.5, 0.6) is 0 Å². The van der Waals surface area contributed by atoms with Crippen molar-refractivity contribution in [3.05, 3.63) is 34.9 Å². The molecule has 0 saturated carbocycles. The standard InChI is InChI=1S/C19H26ClN3O5S.C11H18N2O3/c1-14(18(24)22-9-11-28-12-10-22)23-8-6-17(19(23)25)21-29(26,27)13-7-15-2-4-16(20)5-3-15;1-9(13-4-2-3-10(13)14)11(15)12-5-7-16-8-6-12/h2-5,14,17,21H,6-13H2,1H3;9H,2-8H2,1H3/t14-,17-;9-/m00/s1. The number of benzene rings is 1. The lowest BCUT2D eigenvalue weighted by Gasteiger charge is -2.32. The molecule has 45 heavy (non-hydrogen) atoms. The summed E-state index contributed by atoms with van der Waals surface area (Å²) in [4.78, 5) is 55.6. The number of carbonyl (C=O) groups is 4. The molecule has 250 valence electrons. The van der Waals surface area contributed by atoms with Crippen molar-refractivity contribution in [1.82, 2.24) is 24.3 Å². The number of sulfonamides is 1. The Kier molecular flexibility index (Phi) is 12.6. The van der Waals surface area contributed by atoms with Gasteiger partial charge in [0, 0.05) is 50.7 Å². The van der Waals surface area contributed by atoms with Gasteiger partial charge >= 0.3 is 0 Å². The second kappa shape index (κ2) is 16.2. The van der Waals surface area contributed by atoms with Crippen molar-refractivity contribution in [3.8, 4) is 0 Å². The fraction of sp³-hybridized carbons (Fsp3) is 0.667. The summed E-state index contributed by atoms with van der Waals surface area (Å²) >= 11 is 5.84. The summed E-state index contributed by atoms with van der Waals surface area (Å²) in [7, 11) is -3.64. The molecule has 0 radical (unpaired) electrons. The van der Waals surface area contributed by atoms with Gasteiger partial charge in [-0.25, -0.2) is 13.1 Å². The maximum atomic E-state index is 12.7. The van der Waals surface area contributed by atoms with Crippen molar-refractivity contribution in [2.24, 2.45) is 0 Å². The largest absolute Gasteiger partial charge is 0.378 e. The van der Waals surface area contributed by atoms with Crippen molar-refractivity contribution in [2.75, 3.05) is 71.4 Å². The van der Waals surface area contributed by atoms with Gasteiger partial charge in [-0.1, -0.05) is 23.7 Å². The Morgan fingerprint density at radius 2 is 1.40 bits per heavy atom. The van der Waals surface area contributed by atoms with E-state index in [9.17, 15) is 27.6 Å². The Bertz CT molecular complexity index is 1300. The predicted molar refractivity (Wildman–Crippen MR) is 167 cm³/mol. The number of morpholine rings is 2. The molecule has 0 unspecified atom stereocenters. The zero-order valence-corrected chi connectivity index (χ0v) is 27.6. The number of hydrogen-bond donors (Lipinski definition) is 1. The molecule has 3 atom stereocenters. The first-order valence-electron chi connectivity index (χ1n) is 15.5. The summed E-state index contributed by atoms with van der Waals surface area (Å²) in [6, 6.07) is 5.21. The van der Waals surface area contributed by atoms with Gasteiger partial charge in [-0.15, -0.1) is 0 Å². The second-order valence-electron chi connectivity index (χ2n) is 11.6. The quantitative estimate of drug-likeness (QED) is 0.400. The van der Waals surface area contributed by atoms with Crippen LogP contribution in [0.2, 0.25) is 5.02 Å². The molecule has 4 aliphatic rings. The van der Waals surface area contributed by atoms with Gasteiger partial charge in [-0.3, -0.25) is 19.2 Å². The van der Waals surface area contributed by atoms with E-state index in [4.69, 9.17) is 21.1 Å². The summed E-state index contributed by atoms with van der Waals surface area (Å²) in [5.74, 6) is -0.449. The molecule has 0 aliphatic carbocycles. The van der Waals surface area contributed by atoms with Crippen molar-refractivity contribution in [2.45, 2.75) is 57.7 Å². The monoisotopic (exact) mass is 669 g/mol. The van der Waals surface area contributed by atoms with Gasteiger partial charge in [0.25, 0.3) is 0 Å². The highest BCUT2D eigenvalue weighted by Crippen LogP contribution is 2.19. The molecule has 4 amide bonds. The maximum absolute atomic E-state index is 12.7. The third kappa shape index (κ3) is 9.61. The van der Waals surface area contributed by atoms with Gasteiger partial charge in [0.05, 0.1) is 32.2 Å². The van der Waals surface area contributed by atoms with Crippen molar-refractivity contribution >= 4 is 45.3 Å². The number of nitrogens with one attached hydrogen (secondary N) is 1. The lowest BCUT2D eigenvalue weighted by molar-refractivity contribution is -0.146. The van der Waals surface area contributed by atoms with Gasteiger partial charge in [-0.05, 0) is 50.8 Å². The van der Waals surface area contributed by atoms with Crippen LogP contribution in [0.15, 0.2) is 24.3 Å². The third-order valence-corrected chi connectivity index (χ3v) is 10.2. The molecule has 0 aromatic heterocycles. The van der Waals surface area contributed by atoms with Crippen LogP contribution in [0.1, 0.15) is 38.7 Å². The normalized spacial score (nSPS) is 22.2. The van der Waals surface area contributed by atoms with Crippen LogP contribution in [0, 0.1) is 0 Å². The number of amides is 4. The number of aryl methyl sites for hydroxylation is 1. The summed E-state index contributed by atoms with van der Waals surface area (Å²) < 4.78 is 37.8. The highest BCUT2D eigenvalue weighted by Gasteiger charge is 2.40. The fourth-order valence-corrected chi connectivity index (χ4v) is 7.22. The summed E-state index contributed by atoms with van der Waals surface area (Å²) in [5, 5.41) is 0.590. The highest BCUT2D eigenvalue weighted by atomic mass is 35.5. The molecule has 5 rings (SSSR count). The maximum Gasteiger partial charge on any atom is 0.245 e. The predicted octanol–water partition coefficient (Wildman–Crippen LogP) is 0.506. The van der Waals surface area contributed by atoms with E-state index in [2.05, 4.69) is 4.72 Å². The van der Waals surface area contributed by atoms with E-state index in [0.717, 1.165) is 18.5 Å². The topological polar surface area (TPSA) is 146 Å². The van der Waals surface area contributed by atoms with E-state index in [1.54, 1.807) is 45.9 Å². The van der Waals surface area contributed by atoms with Crippen LogP contribution in [0.3, 0.4) is 0 Å². The van der Waals surface area contributed by atoms with Crippen LogP contribution in [-0.4, -0.2) is 141 Å². The minimum atomic E-state index is -3.64. The Balaban J connectivity index is 0.000000242. The molecular formula is C30H44ClN5O8S. The van der Waals surface area contributed by atoms with Crippen molar-refractivity contribution < 1.29 is 37.1 Å². The van der Waals surface area contributed by atoms with E-state index in [-0.39, 0.29) is 35.4 Å². The second-order valence-corrected chi connectivity index (χ2v) is 13.9. The van der Waals surface area contributed by atoms with Crippen LogP contribution in [-0.2, 0) is 45.1 Å². The molecule has 1 N–H and O–H groups in total. The lowest BCUT2D eigenvalue weighted by Crippen LogP contribution is -2.52. The molecule has 0 bridgehead atoms. The molecule has 1 aromatic carbocycles. The summed E-state index contributed by atoms with van der Waals surface area (Å²) in [6.45, 7) is 9.06. The number of hydrogen-bond acceptors (Lipinski definition) is 8. The lowest BCUT2D eigenvalue weighted by atomic mass is 10.2. The molecule has 15 heteroatoms. The smallest absolute Gasteiger partial charge is 0.245 e. The van der Waals surface area contributed by atoms with Gasteiger partial charge in [0.2, 0.25) is 33.7 Å². The fourth-order valence-electron chi connectivity index (χ4n) is 5.82. The Hall–Kier alpha value is -2.78. The van der Waals surface area contributed by atoms with Gasteiger partial charge < -0.3 is 29.1 Å². The van der Waals surface area contributed by atoms with Crippen molar-refractivity contribution in [3.63, 3.8) is 0 Å². The molecule has 4 aliphatic heterocycles. The van der Waals surface area contributed by atoms with E-state index in [1.165, 1.54) is 4.90 Å². The first-order chi connectivity index (χ1) is 21.5. The Morgan fingerprint density at radius 3 is 1.91 bits per heavy atom. The van der Waals surface area contributed by atoms with Gasteiger partial charge in [-0.2, -0.15) is 0 Å². The number of halogens is 1. The van der Waals surface area contributed by atoms with E-state index >= 15 is 0 Å². The number of rotatable bonds is 9. The molecular weight excluding hydrogens is 626 g/mol. The van der Waals surface area contributed by atoms with E-state index in [0.29, 0.717) is 83.4 Å². The van der Waals surface area contributed by atoms with Crippen molar-refractivity contribution in [1.29, 1.82) is 0 Å². The molecule has 13 nitrogen and oxygen atoms in total. The first-order valence-corrected chi connectivity index (χ1v) is 17.6. The molecule has 4 fully saturated rings. The van der Waals surface area contributed by atoms with E-state index in [1.807, 2.05) is 6.92 Å². The van der Waals surface area contributed by atoms with Crippen LogP contribution in [0.4, 0.5) is 0 Å². The van der Waals surface area contributed by atoms with Crippen LogP contribution < -0.4 is 4.72 Å². The average molecular weight is 670 g/mol. The SMILES string of the molecule is C[C@@H](C(=O)N1CCOCC1)N1CCCC1=O.C[C@@H](C(=O)N1CCOCC1)N1CC[C@H](NS(=O)(=O)CCc2ccc(Cl)cc2)C1=O. The summed E-state index contributed by atoms with van der Waals surface area (Å²) in [6.07, 6.45) is 2.13. The first kappa shape index (κ1) is 35.1. The number of nitrogens with zero attached hydrogens (tertiary/aromatic N) is 4. The minimum Gasteiger partial charge on any atom is -0.378 e. The number of likely N-dealkylation sites (tertiary alicyclic amines) is 2. The highest BCUT2D eigenvalue weighted by molar-refractivity contribution is 7.89. The Morgan fingerprint density at radius 1 is 0.867 bits per heavy atom. The Labute approximate surface area is 270 Å². The number of ether oxygens (including phenoxy) is 2. The summed E-state index contributed by atoms with van der Waals surface area (Å²) in [5.41, 5.74) is 0.851. The molecule has 4 heterocycles. The van der Waals surface area contributed by atoms with Gasteiger partial charge in [0.15, 0.2) is 0 Å². The van der Waals surface area contributed by atoms with Gasteiger partial charge in [0.1, 0.15) is 18.1 Å². The zero-order chi connectivity index (χ0) is 32.6. The average Bonchev–Trinajstić information content (AvgIpc) is 3.64. The third-order valence-electron chi connectivity index (χ3n) is 8.54. The molecule has 4 saturated heterocycles. The minimum absolute atomic E-state index is 0.0542.